The molecule has 2 aromatic carbocycles. The number of benzene rings is 2. The van der Waals surface area contributed by atoms with Crippen LogP contribution in [0.15, 0.2) is 64.7 Å². The number of carbonyl (C=O) groups excluding carboxylic acids is 3. The summed E-state index contributed by atoms with van der Waals surface area (Å²) in [7, 11) is 1.41. The Kier molecular flexibility index (Phi) is 3.40. The number of Topliss-reactive ketones (excluding diaryl/α,β-unsaturated/α-hetero) is 1. The Morgan fingerprint density at radius 2 is 1.80 bits per heavy atom. The first-order chi connectivity index (χ1) is 11.9. The fraction of sp³-hybridized carbons (Fsp3) is 0.105. The molecule has 0 radical (unpaired) electrons. The average molecular weight is 397 g/mol. The van der Waals surface area contributed by atoms with Gasteiger partial charge in [-0.25, -0.2) is 0 Å². The van der Waals surface area contributed by atoms with Crippen LogP contribution < -0.4 is 5.32 Å². The maximum Gasteiger partial charge on any atom is 0.259 e. The molecule has 2 heterocycles. The van der Waals surface area contributed by atoms with Gasteiger partial charge in [-0.15, -0.1) is 0 Å². The molecular weight excluding hydrogens is 384 g/mol. The van der Waals surface area contributed by atoms with Gasteiger partial charge in [-0.3, -0.25) is 19.3 Å². The van der Waals surface area contributed by atoms with Crippen LogP contribution >= 0.6 is 15.9 Å². The van der Waals surface area contributed by atoms with E-state index in [-0.39, 0.29) is 11.4 Å². The monoisotopic (exact) mass is 396 g/mol. The molecule has 5 nitrogen and oxygen atoms in total. The van der Waals surface area contributed by atoms with Crippen molar-refractivity contribution in [2.24, 2.45) is 0 Å². The normalized spacial score (nSPS) is 22.1. The minimum absolute atomic E-state index is 0.138. The number of amides is 2. The van der Waals surface area contributed by atoms with Crippen LogP contribution in [0.25, 0.3) is 0 Å². The molecule has 1 unspecified atom stereocenters. The van der Waals surface area contributed by atoms with Crippen LogP contribution in [-0.2, 0) is 15.1 Å². The number of hydrogen-bond donors (Lipinski definition) is 1. The number of carbonyl (C=O) groups is 3. The van der Waals surface area contributed by atoms with Crippen molar-refractivity contribution < 1.29 is 14.4 Å². The van der Waals surface area contributed by atoms with Crippen molar-refractivity contribution in [3.63, 3.8) is 0 Å². The quantitative estimate of drug-likeness (QED) is 0.792. The van der Waals surface area contributed by atoms with Crippen LogP contribution in [-0.4, -0.2) is 29.5 Å². The van der Waals surface area contributed by atoms with Crippen LogP contribution in [0.3, 0.4) is 0 Å². The zero-order valence-electron chi connectivity index (χ0n) is 13.2. The van der Waals surface area contributed by atoms with Gasteiger partial charge in [0, 0.05) is 28.8 Å². The zero-order valence-corrected chi connectivity index (χ0v) is 14.8. The zero-order chi connectivity index (χ0) is 17.8. The lowest BCUT2D eigenvalue weighted by Gasteiger charge is -2.30. The second-order valence-electron chi connectivity index (χ2n) is 6.02. The summed E-state index contributed by atoms with van der Waals surface area (Å²) < 4.78 is 0.778. The second kappa shape index (κ2) is 5.39. The van der Waals surface area contributed by atoms with Crippen molar-refractivity contribution in [1.29, 1.82) is 0 Å². The van der Waals surface area contributed by atoms with Crippen molar-refractivity contribution in [3.05, 3.63) is 75.8 Å². The minimum Gasteiger partial charge on any atom is -0.364 e. The van der Waals surface area contributed by atoms with Gasteiger partial charge in [0.05, 0.1) is 5.57 Å². The highest BCUT2D eigenvalue weighted by molar-refractivity contribution is 9.10. The molecule has 25 heavy (non-hydrogen) atoms. The predicted octanol–water partition coefficient (Wildman–Crippen LogP) is 2.88. The number of rotatable bonds is 2. The Morgan fingerprint density at radius 1 is 1.04 bits per heavy atom. The topological polar surface area (TPSA) is 66.5 Å². The molecule has 1 N–H and O–H groups in total. The van der Waals surface area contributed by atoms with E-state index in [0.717, 1.165) is 9.37 Å². The first kappa shape index (κ1) is 15.8. The van der Waals surface area contributed by atoms with E-state index in [1.54, 1.807) is 36.4 Å². The standard InChI is InChI=1S/C19H13BrN2O3/c1-22-16(23)10-14(18(22)25)19(11-5-4-6-12(20)9-11)17(24)13-7-2-3-8-15(13)21-19/h2-10,21H,1H3. The summed E-state index contributed by atoms with van der Waals surface area (Å²) in [4.78, 5) is 39.1. The van der Waals surface area contributed by atoms with Crippen molar-refractivity contribution in [2.45, 2.75) is 5.54 Å². The van der Waals surface area contributed by atoms with E-state index in [1.165, 1.54) is 13.1 Å². The summed E-state index contributed by atoms with van der Waals surface area (Å²) >= 11 is 3.42. The van der Waals surface area contributed by atoms with Crippen molar-refractivity contribution in [3.8, 4) is 0 Å². The van der Waals surface area contributed by atoms with Crippen LogP contribution in [0.4, 0.5) is 5.69 Å². The fourth-order valence-corrected chi connectivity index (χ4v) is 3.75. The van der Waals surface area contributed by atoms with Gasteiger partial charge >= 0.3 is 0 Å². The lowest BCUT2D eigenvalue weighted by atomic mass is 9.79. The Balaban J connectivity index is 1.99. The average Bonchev–Trinajstić information content (AvgIpc) is 3.05. The van der Waals surface area contributed by atoms with E-state index in [4.69, 9.17) is 0 Å². The Bertz CT molecular complexity index is 982. The molecule has 0 saturated carbocycles. The van der Waals surface area contributed by atoms with Crippen molar-refractivity contribution in [1.82, 2.24) is 4.90 Å². The lowest BCUT2D eigenvalue weighted by molar-refractivity contribution is -0.135. The third-order valence-corrected chi connectivity index (χ3v) is 5.12. The van der Waals surface area contributed by atoms with E-state index >= 15 is 0 Å². The van der Waals surface area contributed by atoms with Crippen LogP contribution in [0, 0.1) is 0 Å². The summed E-state index contributed by atoms with van der Waals surface area (Å²) in [5.74, 6) is -1.15. The number of nitrogens with one attached hydrogen (secondary N) is 1. The first-order valence-corrected chi connectivity index (χ1v) is 8.46. The highest BCUT2D eigenvalue weighted by atomic mass is 79.9. The summed E-state index contributed by atoms with van der Waals surface area (Å²) in [6, 6.07) is 14.3. The lowest BCUT2D eigenvalue weighted by Crippen LogP contribution is -2.44. The molecular formula is C19H13BrN2O3. The van der Waals surface area contributed by atoms with Gasteiger partial charge in [0.25, 0.3) is 11.8 Å². The van der Waals surface area contributed by atoms with Crippen LogP contribution in [0.5, 0.6) is 0 Å². The number of likely N-dealkylation sites (N-methyl/N-ethyl adjacent to an activating group) is 1. The fourth-order valence-electron chi connectivity index (χ4n) is 3.35. The van der Waals surface area contributed by atoms with Gasteiger partial charge in [-0.1, -0.05) is 40.2 Å². The van der Waals surface area contributed by atoms with E-state index in [0.29, 0.717) is 16.8 Å². The number of imide groups is 1. The molecule has 0 saturated heterocycles. The number of fused-ring (bicyclic) bond motifs is 1. The molecule has 0 aromatic heterocycles. The van der Waals surface area contributed by atoms with Gasteiger partial charge in [-0.2, -0.15) is 0 Å². The number of nitrogens with zero attached hydrogens (tertiary/aromatic N) is 1. The highest BCUT2D eigenvalue weighted by Crippen LogP contribution is 2.46. The molecule has 0 aliphatic carbocycles. The highest BCUT2D eigenvalue weighted by Gasteiger charge is 2.54. The number of hydrogen-bond acceptors (Lipinski definition) is 4. The van der Waals surface area contributed by atoms with Gasteiger partial charge in [-0.05, 0) is 29.8 Å². The largest absolute Gasteiger partial charge is 0.364 e. The van der Waals surface area contributed by atoms with Gasteiger partial charge in [0.1, 0.15) is 0 Å². The maximum absolute atomic E-state index is 13.4. The Hall–Kier alpha value is -2.73. The maximum atomic E-state index is 13.4. The third-order valence-electron chi connectivity index (χ3n) is 4.63. The van der Waals surface area contributed by atoms with Gasteiger partial charge in [0.2, 0.25) is 0 Å². The Labute approximate surface area is 152 Å². The molecule has 6 heteroatoms. The van der Waals surface area contributed by atoms with Crippen LogP contribution in [0.1, 0.15) is 15.9 Å². The number of halogens is 1. The summed E-state index contributed by atoms with van der Waals surface area (Å²) in [5.41, 5.74) is 0.469. The van der Waals surface area contributed by atoms with Crippen LogP contribution in [0.2, 0.25) is 0 Å². The van der Waals surface area contributed by atoms with Gasteiger partial charge < -0.3 is 5.32 Å². The molecule has 0 bridgehead atoms. The summed E-state index contributed by atoms with van der Waals surface area (Å²) in [5, 5.41) is 3.22. The number of para-hydroxylation sites is 1. The molecule has 4 rings (SSSR count). The molecule has 1 atom stereocenters. The third kappa shape index (κ3) is 2.10. The molecule has 2 aliphatic heterocycles. The van der Waals surface area contributed by atoms with E-state index in [2.05, 4.69) is 21.2 Å². The second-order valence-corrected chi connectivity index (χ2v) is 6.94. The van der Waals surface area contributed by atoms with E-state index in [1.807, 2.05) is 12.1 Å². The molecule has 124 valence electrons. The molecule has 0 spiro atoms. The summed E-state index contributed by atoms with van der Waals surface area (Å²) in [6.45, 7) is 0. The van der Waals surface area contributed by atoms with Crippen molar-refractivity contribution in [2.75, 3.05) is 12.4 Å². The smallest absolute Gasteiger partial charge is 0.259 e. The minimum atomic E-state index is -1.41. The van der Waals surface area contributed by atoms with Crippen molar-refractivity contribution >= 4 is 39.2 Å². The molecule has 0 fully saturated rings. The molecule has 2 aromatic rings. The predicted molar refractivity (Wildman–Crippen MR) is 96.1 cm³/mol. The van der Waals surface area contributed by atoms with Gasteiger partial charge in [0.15, 0.2) is 11.3 Å². The first-order valence-electron chi connectivity index (χ1n) is 7.67. The van der Waals surface area contributed by atoms with E-state index < -0.39 is 17.4 Å². The molecule has 2 aliphatic rings. The Morgan fingerprint density at radius 3 is 2.44 bits per heavy atom. The summed E-state index contributed by atoms with van der Waals surface area (Å²) in [6.07, 6.45) is 1.25. The number of anilines is 1. The molecule has 2 amide bonds. The van der Waals surface area contributed by atoms with E-state index in [9.17, 15) is 14.4 Å². The SMILES string of the molecule is CN1C(=O)C=C(C2(c3cccc(Br)c3)Nc3ccccc3C2=O)C1=O. The number of ketones is 1.